The van der Waals surface area contributed by atoms with Crippen LogP contribution in [0.25, 0.3) is 0 Å². The van der Waals surface area contributed by atoms with E-state index in [4.69, 9.17) is 11.8 Å². The molecule has 0 rings (SSSR count). The smallest absolute Gasteiger partial charge is 0.194 e. The summed E-state index contributed by atoms with van der Waals surface area (Å²) in [4.78, 5) is 13.7. The molecule has 0 aromatic heterocycles. The third-order valence-electron chi connectivity index (χ3n) is 1.04. The second-order valence-electron chi connectivity index (χ2n) is 3.27. The third kappa shape index (κ3) is 5.53. The van der Waals surface area contributed by atoms with Crippen LogP contribution in [0.1, 0.15) is 20.8 Å². The number of hydrogen-bond acceptors (Lipinski definition) is 3. The Morgan fingerprint density at radius 1 is 1.55 bits per heavy atom. The van der Waals surface area contributed by atoms with Crippen molar-refractivity contribution in [2.45, 2.75) is 20.8 Å². The number of halogens is 1. The minimum absolute atomic E-state index is 0.212. The van der Waals surface area contributed by atoms with E-state index < -0.39 is 0 Å². The molecule has 0 aliphatic rings. The van der Waals surface area contributed by atoms with E-state index in [1.165, 1.54) is 11.8 Å². The lowest BCUT2D eigenvalue weighted by Crippen LogP contribution is -2.18. The maximum absolute atomic E-state index is 11.2. The lowest BCUT2D eigenvalue weighted by Gasteiger charge is -2.14. The van der Waals surface area contributed by atoms with Crippen molar-refractivity contribution in [3.63, 3.8) is 0 Å². The summed E-state index contributed by atoms with van der Waals surface area (Å²) in [6.45, 7) is 6.40. The summed E-state index contributed by atoms with van der Waals surface area (Å²) in [5, 5.41) is 0.212. The molecule has 0 spiro atoms. The molecule has 0 unspecified atom stereocenters. The van der Waals surface area contributed by atoms with E-state index >= 15 is 0 Å². The van der Waals surface area contributed by atoms with Crippen LogP contribution in [0, 0.1) is 5.41 Å². The molecule has 0 aromatic carbocycles. The Hall–Kier alpha value is 0.270. The van der Waals surface area contributed by atoms with E-state index in [1.807, 2.05) is 20.8 Å². The van der Waals surface area contributed by atoms with Gasteiger partial charge in [0.15, 0.2) is 5.12 Å². The van der Waals surface area contributed by atoms with E-state index in [0.717, 1.165) is 5.75 Å². The van der Waals surface area contributed by atoms with Crippen molar-refractivity contribution in [2.24, 2.45) is 5.41 Å². The maximum Gasteiger partial charge on any atom is 0.194 e. The molecule has 0 saturated heterocycles. The van der Waals surface area contributed by atoms with E-state index in [1.54, 1.807) is 0 Å². The molecule has 0 aromatic rings. The first-order chi connectivity index (χ1) is 4.98. The van der Waals surface area contributed by atoms with E-state index in [2.05, 4.69) is 4.84 Å². The van der Waals surface area contributed by atoms with Gasteiger partial charge in [0.25, 0.3) is 0 Å². The second kappa shape index (κ2) is 5.01. The van der Waals surface area contributed by atoms with Crippen molar-refractivity contribution in [2.75, 3.05) is 12.3 Å². The highest BCUT2D eigenvalue weighted by atomic mass is 35.5. The monoisotopic (exact) mass is 195 g/mol. The van der Waals surface area contributed by atoms with Crippen LogP contribution >= 0.6 is 23.5 Å². The number of thioether (sulfide) groups is 1. The van der Waals surface area contributed by atoms with Crippen molar-refractivity contribution >= 4 is 28.7 Å². The quantitative estimate of drug-likeness (QED) is 0.552. The summed E-state index contributed by atoms with van der Waals surface area (Å²) in [5.74, 6) is 0.736. The molecule has 0 aliphatic carbocycles. The first kappa shape index (κ1) is 11.3. The molecule has 1 N–H and O–H groups in total. The largest absolute Gasteiger partial charge is 0.287 e. The van der Waals surface area contributed by atoms with Gasteiger partial charge < -0.3 is 0 Å². The molecule has 0 aliphatic heterocycles. The Morgan fingerprint density at radius 2 is 2.09 bits per heavy atom. The summed E-state index contributed by atoms with van der Waals surface area (Å²) < 4.78 is 0. The standard InChI is InChI=1S/C7H14ClNOS/c1-7(2,3)6(10)11-5-4-9-8/h9H,4-5H2,1-3H3. The fraction of sp³-hybridized carbons (Fsp3) is 0.857. The molecule has 0 fully saturated rings. The van der Waals surface area contributed by atoms with Gasteiger partial charge in [-0.25, -0.2) is 4.84 Å². The average molecular weight is 196 g/mol. The predicted octanol–water partition coefficient (Wildman–Crippen LogP) is 2.04. The Bertz CT molecular complexity index is 133. The van der Waals surface area contributed by atoms with Crippen molar-refractivity contribution in [1.29, 1.82) is 0 Å². The zero-order valence-electron chi connectivity index (χ0n) is 7.11. The molecule has 0 heterocycles. The van der Waals surface area contributed by atoms with Crippen LogP contribution < -0.4 is 4.84 Å². The second-order valence-corrected chi connectivity index (χ2v) is 4.60. The van der Waals surface area contributed by atoms with Crippen molar-refractivity contribution < 1.29 is 4.79 Å². The fourth-order valence-corrected chi connectivity index (χ4v) is 1.43. The van der Waals surface area contributed by atoms with Crippen LogP contribution in [0.2, 0.25) is 0 Å². The van der Waals surface area contributed by atoms with E-state index in [0.29, 0.717) is 6.54 Å². The van der Waals surface area contributed by atoms with Crippen LogP contribution in [-0.4, -0.2) is 17.4 Å². The normalized spacial score (nSPS) is 11.6. The minimum atomic E-state index is -0.239. The summed E-state index contributed by atoms with van der Waals surface area (Å²) in [5.41, 5.74) is -0.239. The molecular weight excluding hydrogens is 182 g/mol. The van der Waals surface area contributed by atoms with E-state index in [-0.39, 0.29) is 10.5 Å². The van der Waals surface area contributed by atoms with Gasteiger partial charge in [-0.2, -0.15) is 0 Å². The molecule has 0 atom stereocenters. The average Bonchev–Trinajstić information content (AvgIpc) is 1.86. The van der Waals surface area contributed by atoms with Gasteiger partial charge in [-0.3, -0.25) is 4.79 Å². The fourth-order valence-electron chi connectivity index (χ4n) is 0.399. The Labute approximate surface area is 77.2 Å². The number of carbonyl (C=O) groups is 1. The van der Waals surface area contributed by atoms with Crippen molar-refractivity contribution in [3.05, 3.63) is 0 Å². The Morgan fingerprint density at radius 3 is 2.45 bits per heavy atom. The molecule has 4 heteroatoms. The van der Waals surface area contributed by atoms with E-state index in [9.17, 15) is 4.79 Å². The molecule has 11 heavy (non-hydrogen) atoms. The summed E-state index contributed by atoms with van der Waals surface area (Å²) in [6, 6.07) is 0. The van der Waals surface area contributed by atoms with Crippen LogP contribution in [0.15, 0.2) is 0 Å². The van der Waals surface area contributed by atoms with Crippen LogP contribution in [0.4, 0.5) is 0 Å². The zero-order chi connectivity index (χ0) is 8.91. The third-order valence-corrected chi connectivity index (χ3v) is 2.51. The summed E-state index contributed by atoms with van der Waals surface area (Å²) in [6.07, 6.45) is 0. The first-order valence-corrected chi connectivity index (χ1v) is 4.85. The van der Waals surface area contributed by atoms with Crippen LogP contribution in [0.3, 0.4) is 0 Å². The molecule has 0 bridgehead atoms. The van der Waals surface area contributed by atoms with Gasteiger partial charge in [0.1, 0.15) is 0 Å². The molecule has 2 nitrogen and oxygen atoms in total. The number of nitrogens with one attached hydrogen (secondary N) is 1. The van der Waals surface area contributed by atoms with Gasteiger partial charge in [0.05, 0.1) is 0 Å². The summed E-state index contributed by atoms with van der Waals surface area (Å²) >= 11 is 6.55. The predicted molar refractivity (Wildman–Crippen MR) is 50.8 cm³/mol. The number of hydrogen-bond donors (Lipinski definition) is 1. The van der Waals surface area contributed by atoms with Crippen LogP contribution in [0.5, 0.6) is 0 Å². The SMILES string of the molecule is CC(C)(C)C(=O)SCCNCl. The lowest BCUT2D eigenvalue weighted by molar-refractivity contribution is -0.117. The maximum atomic E-state index is 11.2. The van der Waals surface area contributed by atoms with Crippen molar-refractivity contribution in [3.8, 4) is 0 Å². The Kier molecular flexibility index (Phi) is 5.13. The highest BCUT2D eigenvalue weighted by molar-refractivity contribution is 8.13. The van der Waals surface area contributed by atoms with Gasteiger partial charge in [-0.1, -0.05) is 32.5 Å². The zero-order valence-corrected chi connectivity index (χ0v) is 8.68. The van der Waals surface area contributed by atoms with Gasteiger partial charge in [-0.05, 0) is 11.8 Å². The summed E-state index contributed by atoms with van der Waals surface area (Å²) in [7, 11) is 0. The van der Waals surface area contributed by atoms with Gasteiger partial charge in [0, 0.05) is 17.7 Å². The molecular formula is C7H14ClNOS. The van der Waals surface area contributed by atoms with Gasteiger partial charge >= 0.3 is 0 Å². The molecule has 0 radical (unpaired) electrons. The topological polar surface area (TPSA) is 29.1 Å². The van der Waals surface area contributed by atoms with Gasteiger partial charge in [-0.15, -0.1) is 0 Å². The minimum Gasteiger partial charge on any atom is -0.287 e. The first-order valence-electron chi connectivity index (χ1n) is 3.49. The number of carbonyl (C=O) groups excluding carboxylic acids is 1. The van der Waals surface area contributed by atoms with Crippen LogP contribution in [-0.2, 0) is 4.79 Å². The lowest BCUT2D eigenvalue weighted by atomic mass is 10.00. The highest BCUT2D eigenvalue weighted by Gasteiger charge is 2.20. The molecule has 0 amide bonds. The van der Waals surface area contributed by atoms with Gasteiger partial charge in [0.2, 0.25) is 0 Å². The molecule has 66 valence electrons. The highest BCUT2D eigenvalue weighted by Crippen LogP contribution is 2.22. The Balaban J connectivity index is 3.54. The molecule has 0 saturated carbocycles. The number of rotatable bonds is 3. The van der Waals surface area contributed by atoms with Crippen molar-refractivity contribution in [1.82, 2.24) is 4.84 Å².